The van der Waals surface area contributed by atoms with E-state index in [9.17, 15) is 8.42 Å². The van der Waals surface area contributed by atoms with E-state index in [1.165, 1.54) is 18.6 Å². The predicted molar refractivity (Wildman–Crippen MR) is 94.2 cm³/mol. The van der Waals surface area contributed by atoms with Gasteiger partial charge in [0.15, 0.2) is 10.7 Å². The van der Waals surface area contributed by atoms with Crippen LogP contribution in [0, 0.1) is 6.92 Å². The Morgan fingerprint density at radius 1 is 1.27 bits per heavy atom. The van der Waals surface area contributed by atoms with Crippen LogP contribution < -0.4 is 0 Å². The molecule has 0 aliphatic carbocycles. The summed E-state index contributed by atoms with van der Waals surface area (Å²) in [5.74, 6) is 0.600. The SMILES string of the molecule is CCn1ncc(-c2nc3c(S(=O)(=O)c4cc[nH]c4)ncnc3n2C)c1C. The van der Waals surface area contributed by atoms with Crippen molar-refractivity contribution in [2.45, 2.75) is 30.3 Å². The average Bonchev–Trinajstić information content (AvgIpc) is 3.34. The van der Waals surface area contributed by atoms with Gasteiger partial charge in [0.2, 0.25) is 9.84 Å². The van der Waals surface area contributed by atoms with Gasteiger partial charge in [-0.05, 0) is 19.9 Å². The van der Waals surface area contributed by atoms with E-state index in [1.54, 1.807) is 24.0 Å². The van der Waals surface area contributed by atoms with Crippen LogP contribution in [-0.2, 0) is 23.4 Å². The molecular formula is C16H17N7O2S. The highest BCUT2D eigenvalue weighted by Gasteiger charge is 2.27. The van der Waals surface area contributed by atoms with Crippen molar-refractivity contribution in [2.75, 3.05) is 0 Å². The van der Waals surface area contributed by atoms with Gasteiger partial charge in [0, 0.05) is 31.7 Å². The number of rotatable bonds is 4. The minimum absolute atomic E-state index is 0.107. The third kappa shape index (κ3) is 2.25. The Balaban J connectivity index is 1.98. The maximum Gasteiger partial charge on any atom is 0.227 e. The highest BCUT2D eigenvalue weighted by molar-refractivity contribution is 7.91. The molecule has 0 aliphatic heterocycles. The summed E-state index contributed by atoms with van der Waals surface area (Å²) >= 11 is 0. The number of aromatic nitrogens is 7. The zero-order valence-electron chi connectivity index (χ0n) is 14.5. The molecule has 0 aliphatic rings. The Labute approximate surface area is 149 Å². The minimum atomic E-state index is -3.80. The summed E-state index contributed by atoms with van der Waals surface area (Å²) in [6.07, 6.45) is 5.95. The van der Waals surface area contributed by atoms with Gasteiger partial charge in [-0.2, -0.15) is 5.10 Å². The second-order valence-corrected chi connectivity index (χ2v) is 7.72. The van der Waals surface area contributed by atoms with Crippen molar-refractivity contribution in [1.29, 1.82) is 0 Å². The second kappa shape index (κ2) is 5.77. The second-order valence-electron chi connectivity index (χ2n) is 5.86. The van der Waals surface area contributed by atoms with E-state index in [0.717, 1.165) is 17.8 Å². The van der Waals surface area contributed by atoms with E-state index in [0.29, 0.717) is 11.5 Å². The Morgan fingerprint density at radius 3 is 2.73 bits per heavy atom. The van der Waals surface area contributed by atoms with E-state index in [4.69, 9.17) is 0 Å². The smallest absolute Gasteiger partial charge is 0.227 e. The molecule has 26 heavy (non-hydrogen) atoms. The first-order valence-corrected chi connectivity index (χ1v) is 9.51. The van der Waals surface area contributed by atoms with Crippen LogP contribution in [0.4, 0.5) is 0 Å². The van der Waals surface area contributed by atoms with E-state index < -0.39 is 9.84 Å². The molecule has 4 aromatic heterocycles. The number of H-pyrrole nitrogens is 1. The van der Waals surface area contributed by atoms with Crippen LogP contribution in [0.3, 0.4) is 0 Å². The van der Waals surface area contributed by atoms with Crippen LogP contribution in [0.25, 0.3) is 22.6 Å². The summed E-state index contributed by atoms with van der Waals surface area (Å²) in [6.45, 7) is 4.70. The summed E-state index contributed by atoms with van der Waals surface area (Å²) in [6, 6.07) is 1.49. The Kier molecular flexibility index (Phi) is 3.65. The lowest BCUT2D eigenvalue weighted by Gasteiger charge is -2.03. The molecule has 0 unspecified atom stereocenters. The molecule has 1 N–H and O–H groups in total. The third-order valence-corrected chi connectivity index (χ3v) is 6.08. The molecule has 0 atom stereocenters. The van der Waals surface area contributed by atoms with Gasteiger partial charge in [-0.25, -0.2) is 23.4 Å². The van der Waals surface area contributed by atoms with Crippen LogP contribution in [0.1, 0.15) is 12.6 Å². The zero-order chi connectivity index (χ0) is 18.5. The van der Waals surface area contributed by atoms with Crippen molar-refractivity contribution in [3.63, 3.8) is 0 Å². The van der Waals surface area contributed by atoms with Crippen molar-refractivity contribution >= 4 is 21.0 Å². The molecule has 0 aromatic carbocycles. The minimum Gasteiger partial charge on any atom is -0.366 e. The van der Waals surface area contributed by atoms with Gasteiger partial charge in [-0.3, -0.25) is 4.68 Å². The maximum absolute atomic E-state index is 12.9. The standard InChI is InChI=1S/C16H17N7O2S/c1-4-23-10(2)12(8-20-23)14-21-13-15(22(14)3)18-9-19-16(13)26(24,25)11-5-6-17-7-11/h5-9,17H,4H2,1-3H3. The van der Waals surface area contributed by atoms with Crippen LogP contribution >= 0.6 is 0 Å². The monoisotopic (exact) mass is 371 g/mol. The molecule has 4 rings (SSSR count). The fourth-order valence-corrected chi connectivity index (χ4v) is 4.26. The fraction of sp³-hybridized carbons (Fsp3) is 0.250. The van der Waals surface area contributed by atoms with E-state index in [2.05, 4.69) is 25.0 Å². The van der Waals surface area contributed by atoms with Crippen molar-refractivity contribution in [2.24, 2.45) is 7.05 Å². The number of hydrogen-bond acceptors (Lipinski definition) is 6. The van der Waals surface area contributed by atoms with Crippen LogP contribution in [0.2, 0.25) is 0 Å². The predicted octanol–water partition coefficient (Wildman–Crippen LogP) is 1.72. The molecular weight excluding hydrogens is 354 g/mol. The Bertz CT molecular complexity index is 1200. The van der Waals surface area contributed by atoms with Crippen molar-refractivity contribution in [3.05, 3.63) is 36.7 Å². The first-order chi connectivity index (χ1) is 12.4. The average molecular weight is 371 g/mol. The van der Waals surface area contributed by atoms with Crippen LogP contribution in [-0.4, -0.2) is 42.7 Å². The van der Waals surface area contributed by atoms with Gasteiger partial charge in [-0.15, -0.1) is 0 Å². The molecule has 9 nitrogen and oxygen atoms in total. The Morgan fingerprint density at radius 2 is 2.08 bits per heavy atom. The highest BCUT2D eigenvalue weighted by Crippen LogP contribution is 2.29. The zero-order valence-corrected chi connectivity index (χ0v) is 15.3. The van der Waals surface area contributed by atoms with Crippen LogP contribution in [0.5, 0.6) is 0 Å². The van der Waals surface area contributed by atoms with Gasteiger partial charge in [-0.1, -0.05) is 0 Å². The lowest BCUT2D eigenvalue weighted by Crippen LogP contribution is -2.05. The lowest BCUT2D eigenvalue weighted by atomic mass is 10.2. The number of hydrogen-bond donors (Lipinski definition) is 1. The van der Waals surface area contributed by atoms with Gasteiger partial charge < -0.3 is 9.55 Å². The number of aromatic amines is 1. The van der Waals surface area contributed by atoms with Crippen molar-refractivity contribution in [1.82, 2.24) is 34.3 Å². The summed E-state index contributed by atoms with van der Waals surface area (Å²) in [4.78, 5) is 15.7. The number of aryl methyl sites for hydroxylation is 2. The maximum atomic E-state index is 12.9. The third-order valence-electron chi connectivity index (χ3n) is 4.40. The first kappa shape index (κ1) is 16.5. The van der Waals surface area contributed by atoms with Crippen molar-refractivity contribution < 1.29 is 8.42 Å². The molecule has 0 fully saturated rings. The molecule has 0 saturated heterocycles. The summed E-state index contributed by atoms with van der Waals surface area (Å²) in [5.41, 5.74) is 2.48. The largest absolute Gasteiger partial charge is 0.366 e. The number of sulfone groups is 1. The van der Waals surface area contributed by atoms with E-state index >= 15 is 0 Å². The Hall–Kier alpha value is -3.01. The number of nitrogens with zero attached hydrogens (tertiary/aromatic N) is 6. The highest BCUT2D eigenvalue weighted by atomic mass is 32.2. The van der Waals surface area contributed by atoms with Gasteiger partial charge in [0.05, 0.1) is 16.7 Å². The van der Waals surface area contributed by atoms with Gasteiger partial charge >= 0.3 is 0 Å². The molecule has 10 heteroatoms. The first-order valence-electron chi connectivity index (χ1n) is 8.03. The summed E-state index contributed by atoms with van der Waals surface area (Å²) < 4.78 is 29.4. The fourth-order valence-electron chi connectivity index (χ4n) is 2.99. The van der Waals surface area contributed by atoms with Gasteiger partial charge in [0.25, 0.3) is 0 Å². The molecule has 0 amide bonds. The molecule has 0 saturated carbocycles. The van der Waals surface area contributed by atoms with Crippen LogP contribution in [0.15, 0.2) is 40.9 Å². The van der Waals surface area contributed by atoms with Crippen molar-refractivity contribution in [3.8, 4) is 11.4 Å². The molecule has 4 heterocycles. The van der Waals surface area contributed by atoms with Gasteiger partial charge in [0.1, 0.15) is 17.7 Å². The number of imidazole rings is 1. The molecule has 0 radical (unpaired) electrons. The van der Waals surface area contributed by atoms with E-state index in [1.807, 2.05) is 18.5 Å². The topological polar surface area (TPSA) is 111 Å². The molecule has 4 aromatic rings. The number of nitrogens with one attached hydrogen (secondary N) is 1. The molecule has 0 bridgehead atoms. The van der Waals surface area contributed by atoms with E-state index in [-0.39, 0.29) is 15.4 Å². The summed E-state index contributed by atoms with van der Waals surface area (Å²) in [7, 11) is -2.00. The molecule has 0 spiro atoms. The molecule has 134 valence electrons. The number of fused-ring (bicyclic) bond motifs is 1. The quantitative estimate of drug-likeness (QED) is 0.547. The lowest BCUT2D eigenvalue weighted by molar-refractivity contribution is 0.593. The normalized spacial score (nSPS) is 12.1. The summed E-state index contributed by atoms with van der Waals surface area (Å²) in [5, 5.41) is 4.23.